The first-order valence-corrected chi connectivity index (χ1v) is 28.2. The second kappa shape index (κ2) is 22.9. The Kier molecular flexibility index (Phi) is 14.2. The van der Waals surface area contributed by atoms with Gasteiger partial charge in [0.1, 0.15) is 33.8 Å². The summed E-state index contributed by atoms with van der Waals surface area (Å²) in [7, 11) is 0. The van der Waals surface area contributed by atoms with Crippen molar-refractivity contribution < 1.29 is 11.4 Å². The highest BCUT2D eigenvalue weighted by Gasteiger charge is 2.46. The highest BCUT2D eigenvalue weighted by molar-refractivity contribution is 6.40. The van der Waals surface area contributed by atoms with Crippen molar-refractivity contribution in [3.63, 3.8) is 0 Å². The average molecular weight is 1050 g/mol. The fraction of sp³-hybridized carbons (Fsp3) is 0.0282. The molecule has 0 radical (unpaired) electrons. The SMILES string of the molecule is C1=CC2=CC=CC(N(c3ccccc3)c3ccc(-c4ccc(N(c5ccccc5)c5cccc6ccccc56)cc4)cc3)C2C=C1.c1cnc2c([O][Al]([O]c3cccc4cccnc34)[O]c3cccc4cccnc34)cccc2c1. The minimum Gasteiger partial charge on any atom is -0.576 e. The Morgan fingerprint density at radius 3 is 1.39 bits per heavy atom. The molecule has 2 atom stereocenters. The van der Waals surface area contributed by atoms with Crippen molar-refractivity contribution in [2.24, 2.45) is 5.92 Å². The van der Waals surface area contributed by atoms with E-state index in [1.54, 1.807) is 18.6 Å². The van der Waals surface area contributed by atoms with E-state index in [9.17, 15) is 0 Å². The van der Waals surface area contributed by atoms with E-state index in [0.29, 0.717) is 23.2 Å². The second-order valence-corrected chi connectivity index (χ2v) is 20.7. The minimum absolute atomic E-state index is 0.187. The van der Waals surface area contributed by atoms with Gasteiger partial charge in [0.15, 0.2) is 0 Å². The first-order chi connectivity index (χ1) is 39.7. The summed E-state index contributed by atoms with van der Waals surface area (Å²) in [5.41, 5.74) is 11.8. The highest BCUT2D eigenvalue weighted by Crippen LogP contribution is 2.41. The Balaban J connectivity index is 0.000000158. The number of nitrogens with zero attached hydrogens (tertiary/aromatic N) is 5. The predicted molar refractivity (Wildman–Crippen MR) is 328 cm³/mol. The lowest BCUT2D eigenvalue weighted by Crippen LogP contribution is -2.37. The molecule has 3 aromatic heterocycles. The van der Waals surface area contributed by atoms with Gasteiger partial charge in [0.25, 0.3) is 0 Å². The molecule has 3 heterocycles. The molecule has 2 aliphatic carbocycles. The molecule has 0 saturated heterocycles. The molecule has 9 heteroatoms. The van der Waals surface area contributed by atoms with Gasteiger partial charge in [-0.25, -0.2) is 0 Å². The van der Waals surface area contributed by atoms with E-state index in [1.165, 1.54) is 44.5 Å². The number of allylic oxidation sites excluding steroid dienone is 5. The molecule has 80 heavy (non-hydrogen) atoms. The molecule has 0 fully saturated rings. The second-order valence-electron chi connectivity index (χ2n) is 19.4. The van der Waals surface area contributed by atoms with Gasteiger partial charge in [0.05, 0.1) is 11.7 Å². The maximum atomic E-state index is 6.41. The van der Waals surface area contributed by atoms with Gasteiger partial charge in [-0.2, -0.15) is 0 Å². The monoisotopic (exact) mass is 1050 g/mol. The lowest BCUT2D eigenvalue weighted by atomic mass is 9.83. The smallest absolute Gasteiger partial charge is 0.576 e. The minimum atomic E-state index is -2.86. The van der Waals surface area contributed by atoms with Crippen molar-refractivity contribution in [1.82, 2.24) is 15.0 Å². The normalized spacial score (nSPS) is 14.2. The Morgan fingerprint density at radius 2 is 0.812 bits per heavy atom. The number of para-hydroxylation sites is 5. The zero-order chi connectivity index (χ0) is 53.5. The molecule has 2 aliphatic rings. The molecule has 0 spiro atoms. The summed E-state index contributed by atoms with van der Waals surface area (Å²) >= 11 is -2.86. The summed E-state index contributed by atoms with van der Waals surface area (Å²) < 4.78 is 19.2. The lowest BCUT2D eigenvalue weighted by molar-refractivity contribution is 0.311. The maximum Gasteiger partial charge on any atom is 1.20 e. The molecular formula is C71H52AlN5O3. The molecule has 0 N–H and O–H groups in total. The van der Waals surface area contributed by atoms with Crippen molar-refractivity contribution in [1.29, 1.82) is 0 Å². The first-order valence-electron chi connectivity index (χ1n) is 26.8. The number of hydrogen-bond acceptors (Lipinski definition) is 8. The van der Waals surface area contributed by atoms with Crippen LogP contribution in [0.15, 0.2) is 309 Å². The van der Waals surface area contributed by atoms with Crippen LogP contribution in [0.1, 0.15) is 0 Å². The van der Waals surface area contributed by atoms with Gasteiger partial charge in [0, 0.05) is 68.8 Å². The third-order valence-corrected chi connectivity index (χ3v) is 15.8. The summed E-state index contributed by atoms with van der Waals surface area (Å²) in [4.78, 5) is 18.3. The molecule has 8 nitrogen and oxygen atoms in total. The number of rotatable bonds is 13. The zero-order valence-electron chi connectivity index (χ0n) is 43.6. The van der Waals surface area contributed by atoms with Crippen LogP contribution in [0.2, 0.25) is 0 Å². The molecular weight excluding hydrogens is 998 g/mol. The molecule has 0 aliphatic heterocycles. The fourth-order valence-electron chi connectivity index (χ4n) is 10.7. The van der Waals surface area contributed by atoms with Gasteiger partial charge >= 0.3 is 15.1 Å². The van der Waals surface area contributed by atoms with Crippen LogP contribution in [0.25, 0.3) is 54.6 Å². The van der Waals surface area contributed by atoms with Gasteiger partial charge in [-0.1, -0.05) is 194 Å². The highest BCUT2D eigenvalue weighted by atomic mass is 27.3. The maximum absolute atomic E-state index is 6.41. The van der Waals surface area contributed by atoms with Crippen LogP contribution in [0, 0.1) is 5.92 Å². The quantitative estimate of drug-likeness (QED) is 0.106. The molecule has 0 amide bonds. The Labute approximate surface area is 470 Å². The van der Waals surface area contributed by atoms with E-state index in [0.717, 1.165) is 44.1 Å². The van der Waals surface area contributed by atoms with Crippen LogP contribution in [-0.4, -0.2) is 36.1 Å². The number of fused-ring (bicyclic) bond motifs is 5. The number of pyridine rings is 3. The summed E-state index contributed by atoms with van der Waals surface area (Å²) in [5.74, 6) is 2.13. The zero-order valence-corrected chi connectivity index (χ0v) is 44.7. The third kappa shape index (κ3) is 10.4. The van der Waals surface area contributed by atoms with E-state index in [-0.39, 0.29) is 6.04 Å². The van der Waals surface area contributed by atoms with Gasteiger partial charge in [-0.3, -0.25) is 15.0 Å². The third-order valence-electron chi connectivity index (χ3n) is 14.5. The number of hydrogen-bond donors (Lipinski definition) is 0. The van der Waals surface area contributed by atoms with Crippen LogP contribution in [0.3, 0.4) is 0 Å². The van der Waals surface area contributed by atoms with Gasteiger partial charge in [-0.15, -0.1) is 0 Å². The largest absolute Gasteiger partial charge is 1.20 e. The number of aromatic nitrogens is 3. The Bertz CT molecular complexity index is 4050. The van der Waals surface area contributed by atoms with Crippen LogP contribution in [0.4, 0.5) is 28.4 Å². The topological polar surface area (TPSA) is 72.8 Å². The number of anilines is 5. The Hall–Kier alpha value is -10.0. The molecule has 12 aromatic rings. The first kappa shape index (κ1) is 49.5. The van der Waals surface area contributed by atoms with Crippen molar-refractivity contribution in [2.45, 2.75) is 6.04 Å². The van der Waals surface area contributed by atoms with Crippen molar-refractivity contribution in [2.75, 3.05) is 9.80 Å². The molecule has 2 unspecified atom stereocenters. The van der Waals surface area contributed by atoms with Crippen molar-refractivity contribution in [3.05, 3.63) is 309 Å². The Morgan fingerprint density at radius 1 is 0.362 bits per heavy atom. The standard InChI is InChI=1S/C44H34N2.3C9H7NO.Al/c1-3-17-37(18-4-1)45(43-23-11-15-35-13-7-9-21-41(35)43)39-29-25-33(26-30-39)34-27-31-40(32-28-34)46(38-19-5-2-6-20-38)44-24-12-16-36-14-8-10-22-42(36)44;3*11-8-5-1-3-7-4-2-6-10-9(7)8;/h1-32,41,43H;3*1-6,11H;/q;;;;+3/p-3. The van der Waals surface area contributed by atoms with Gasteiger partial charge in [-0.05, 0) is 113 Å². The van der Waals surface area contributed by atoms with E-state index in [4.69, 9.17) is 11.4 Å². The van der Waals surface area contributed by atoms with Crippen LogP contribution >= 0.6 is 0 Å². The van der Waals surface area contributed by atoms with E-state index in [1.807, 2.05) is 91.0 Å². The van der Waals surface area contributed by atoms with Crippen molar-refractivity contribution in [3.8, 4) is 28.4 Å². The summed E-state index contributed by atoms with van der Waals surface area (Å²) in [6.45, 7) is 0. The molecule has 382 valence electrons. The predicted octanol–water partition coefficient (Wildman–Crippen LogP) is 17.6. The summed E-state index contributed by atoms with van der Waals surface area (Å²) in [5, 5.41) is 5.39. The van der Waals surface area contributed by atoms with Gasteiger partial charge in [0.2, 0.25) is 0 Å². The molecule has 9 aromatic carbocycles. The van der Waals surface area contributed by atoms with Crippen LogP contribution in [-0.2, 0) is 0 Å². The van der Waals surface area contributed by atoms with E-state index >= 15 is 0 Å². The van der Waals surface area contributed by atoms with Crippen molar-refractivity contribution >= 4 is 87.1 Å². The van der Waals surface area contributed by atoms with Crippen LogP contribution < -0.4 is 21.2 Å². The summed E-state index contributed by atoms with van der Waals surface area (Å²) in [6.07, 6.45) is 20.9. The molecule has 0 bridgehead atoms. The van der Waals surface area contributed by atoms with E-state index in [2.05, 4.69) is 219 Å². The van der Waals surface area contributed by atoms with Crippen LogP contribution in [0.5, 0.6) is 17.2 Å². The number of benzene rings is 9. The average Bonchev–Trinajstić information content (AvgIpc) is 3.54. The molecule has 0 saturated carbocycles. The van der Waals surface area contributed by atoms with Gasteiger partial charge < -0.3 is 21.2 Å². The van der Waals surface area contributed by atoms with E-state index < -0.39 is 15.1 Å². The summed E-state index contributed by atoms with van der Waals surface area (Å²) in [6, 6.07) is 83.7. The lowest BCUT2D eigenvalue weighted by Gasteiger charge is -2.38. The molecule has 14 rings (SSSR count). The fourth-order valence-corrected chi connectivity index (χ4v) is 12.0.